The fourth-order valence-corrected chi connectivity index (χ4v) is 4.62. The third-order valence-corrected chi connectivity index (χ3v) is 6.51. The van der Waals surface area contributed by atoms with Gasteiger partial charge in [-0.2, -0.15) is 0 Å². The molecule has 1 N–H and O–H groups in total. The molecule has 0 saturated heterocycles. The minimum Gasteiger partial charge on any atom is -0.385 e. The summed E-state index contributed by atoms with van der Waals surface area (Å²) in [6.07, 6.45) is 0.704. The van der Waals surface area contributed by atoms with Gasteiger partial charge in [0.2, 0.25) is 0 Å². The van der Waals surface area contributed by atoms with Crippen LogP contribution in [0.1, 0.15) is 22.3 Å². The van der Waals surface area contributed by atoms with Gasteiger partial charge in [0.1, 0.15) is 0 Å². The van der Waals surface area contributed by atoms with E-state index in [1.165, 1.54) is 11.8 Å². The smallest absolute Gasteiger partial charge is 0.262 e. The van der Waals surface area contributed by atoms with Gasteiger partial charge >= 0.3 is 0 Å². The van der Waals surface area contributed by atoms with Crippen LogP contribution in [-0.2, 0) is 17.0 Å². The Hall–Kier alpha value is -3.13. The number of benzene rings is 3. The van der Waals surface area contributed by atoms with Gasteiger partial charge in [-0.25, -0.2) is 4.98 Å². The summed E-state index contributed by atoms with van der Waals surface area (Å²) in [6, 6.07) is 21.9. The molecular formula is C26H24ClN3O3S. The Morgan fingerprint density at radius 2 is 1.85 bits per heavy atom. The highest BCUT2D eigenvalue weighted by molar-refractivity contribution is 7.98. The maximum absolute atomic E-state index is 13.1. The predicted octanol–water partition coefficient (Wildman–Crippen LogP) is 5.63. The van der Waals surface area contributed by atoms with E-state index in [4.69, 9.17) is 21.3 Å². The van der Waals surface area contributed by atoms with E-state index in [9.17, 15) is 9.59 Å². The number of ether oxygens (including phenoxy) is 1. The van der Waals surface area contributed by atoms with E-state index in [1.54, 1.807) is 42.0 Å². The number of fused-ring (bicyclic) bond motifs is 1. The Bertz CT molecular complexity index is 1340. The van der Waals surface area contributed by atoms with Gasteiger partial charge in [-0.1, -0.05) is 53.7 Å². The van der Waals surface area contributed by atoms with Crippen LogP contribution in [0.3, 0.4) is 0 Å². The highest BCUT2D eigenvalue weighted by atomic mass is 35.5. The molecule has 3 aromatic carbocycles. The average molecular weight is 494 g/mol. The highest BCUT2D eigenvalue weighted by Crippen LogP contribution is 2.24. The molecule has 0 aliphatic heterocycles. The largest absolute Gasteiger partial charge is 0.385 e. The van der Waals surface area contributed by atoms with E-state index in [0.29, 0.717) is 52.0 Å². The lowest BCUT2D eigenvalue weighted by atomic mass is 10.1. The molecule has 8 heteroatoms. The number of carbonyl (C=O) groups excluding carboxylic acids is 1. The van der Waals surface area contributed by atoms with Crippen molar-refractivity contribution in [3.63, 3.8) is 0 Å². The van der Waals surface area contributed by atoms with Crippen LogP contribution < -0.4 is 10.9 Å². The summed E-state index contributed by atoms with van der Waals surface area (Å²) in [7, 11) is 1.64. The number of amides is 1. The third kappa shape index (κ3) is 5.86. The molecule has 4 aromatic rings. The van der Waals surface area contributed by atoms with E-state index >= 15 is 0 Å². The highest BCUT2D eigenvalue weighted by Gasteiger charge is 2.13. The molecule has 0 bridgehead atoms. The molecule has 174 valence electrons. The quantitative estimate of drug-likeness (QED) is 0.186. The zero-order valence-corrected chi connectivity index (χ0v) is 20.2. The average Bonchev–Trinajstić information content (AvgIpc) is 2.85. The number of methoxy groups -OCH3 is 1. The van der Waals surface area contributed by atoms with Crippen molar-refractivity contribution in [1.29, 1.82) is 0 Å². The number of thioether (sulfide) groups is 1. The fraction of sp³-hybridized carbons (Fsp3) is 0.192. The standard InChI is InChI=1S/C26H24ClN3O3S/c1-33-15-5-14-30-25(32)22-13-12-20(27)16-23(22)29-26(30)34-17-18-8-10-19(11-9-18)24(31)28-21-6-3-2-4-7-21/h2-4,6-13,16H,5,14-15,17H2,1H3,(H,28,31). The second-order valence-electron chi connectivity index (χ2n) is 7.66. The number of para-hydroxylation sites is 1. The summed E-state index contributed by atoms with van der Waals surface area (Å²) < 4.78 is 6.85. The molecule has 0 aliphatic carbocycles. The van der Waals surface area contributed by atoms with Crippen molar-refractivity contribution in [2.45, 2.75) is 23.9 Å². The van der Waals surface area contributed by atoms with Crippen LogP contribution in [0.25, 0.3) is 10.9 Å². The van der Waals surface area contributed by atoms with Gasteiger partial charge in [-0.3, -0.25) is 14.2 Å². The first-order valence-electron chi connectivity index (χ1n) is 10.8. The Balaban J connectivity index is 1.51. The second-order valence-corrected chi connectivity index (χ2v) is 9.04. The van der Waals surface area contributed by atoms with Crippen LogP contribution in [0.2, 0.25) is 5.02 Å². The van der Waals surface area contributed by atoms with Crippen LogP contribution in [0.4, 0.5) is 5.69 Å². The first kappa shape index (κ1) is 24.0. The van der Waals surface area contributed by atoms with Gasteiger partial charge in [0.15, 0.2) is 5.16 Å². The molecular weight excluding hydrogens is 470 g/mol. The summed E-state index contributed by atoms with van der Waals surface area (Å²) in [5, 5.41) is 4.59. The number of halogens is 1. The Kier molecular flexibility index (Phi) is 8.00. The number of carbonyl (C=O) groups is 1. The summed E-state index contributed by atoms with van der Waals surface area (Å²) in [6.45, 7) is 1.07. The molecule has 0 unspecified atom stereocenters. The number of rotatable bonds is 9. The predicted molar refractivity (Wildman–Crippen MR) is 138 cm³/mol. The van der Waals surface area contributed by atoms with Gasteiger partial charge < -0.3 is 10.1 Å². The van der Waals surface area contributed by atoms with Crippen LogP contribution in [0, 0.1) is 0 Å². The van der Waals surface area contributed by atoms with Gasteiger partial charge in [0.05, 0.1) is 10.9 Å². The maximum atomic E-state index is 13.1. The number of hydrogen-bond donors (Lipinski definition) is 1. The molecule has 1 heterocycles. The fourth-order valence-electron chi connectivity index (χ4n) is 3.47. The second kappa shape index (κ2) is 11.3. The molecule has 1 amide bonds. The molecule has 0 radical (unpaired) electrons. The monoisotopic (exact) mass is 493 g/mol. The number of aromatic nitrogens is 2. The Morgan fingerprint density at radius 1 is 1.09 bits per heavy atom. The van der Waals surface area contributed by atoms with Crippen LogP contribution in [-0.4, -0.2) is 29.2 Å². The number of anilines is 1. The lowest BCUT2D eigenvalue weighted by molar-refractivity contribution is 0.102. The third-order valence-electron chi connectivity index (χ3n) is 5.23. The van der Waals surface area contributed by atoms with Crippen molar-refractivity contribution in [1.82, 2.24) is 9.55 Å². The molecule has 0 saturated carbocycles. The van der Waals surface area contributed by atoms with Crippen molar-refractivity contribution < 1.29 is 9.53 Å². The lowest BCUT2D eigenvalue weighted by Crippen LogP contribution is -2.24. The topological polar surface area (TPSA) is 73.2 Å². The summed E-state index contributed by atoms with van der Waals surface area (Å²) >= 11 is 7.60. The minimum absolute atomic E-state index is 0.0896. The van der Waals surface area contributed by atoms with Crippen molar-refractivity contribution in [3.8, 4) is 0 Å². The molecule has 6 nitrogen and oxygen atoms in total. The van der Waals surface area contributed by atoms with Crippen molar-refractivity contribution in [2.24, 2.45) is 0 Å². The van der Waals surface area contributed by atoms with Gasteiger partial charge in [-0.15, -0.1) is 0 Å². The van der Waals surface area contributed by atoms with Gasteiger partial charge in [-0.05, 0) is 54.4 Å². The van der Waals surface area contributed by atoms with Crippen molar-refractivity contribution >= 4 is 45.9 Å². The SMILES string of the molecule is COCCCn1c(SCc2ccc(C(=O)Nc3ccccc3)cc2)nc2cc(Cl)ccc2c1=O. The maximum Gasteiger partial charge on any atom is 0.262 e. The number of hydrogen-bond acceptors (Lipinski definition) is 5. The minimum atomic E-state index is -0.162. The van der Waals surface area contributed by atoms with E-state index in [0.717, 1.165) is 11.3 Å². The molecule has 0 atom stereocenters. The Labute approximate surface area is 206 Å². The van der Waals surface area contributed by atoms with E-state index in [-0.39, 0.29) is 11.5 Å². The molecule has 4 rings (SSSR count). The first-order valence-corrected chi connectivity index (χ1v) is 12.2. The zero-order valence-electron chi connectivity index (χ0n) is 18.7. The molecule has 0 fully saturated rings. The van der Waals surface area contributed by atoms with Crippen molar-refractivity contribution in [2.75, 3.05) is 19.0 Å². The summed E-state index contributed by atoms with van der Waals surface area (Å²) in [4.78, 5) is 30.3. The zero-order chi connectivity index (χ0) is 23.9. The van der Waals surface area contributed by atoms with Gasteiger partial charge in [0, 0.05) is 42.3 Å². The summed E-state index contributed by atoms with van der Waals surface area (Å²) in [5.41, 5.74) is 2.84. The molecule has 0 aliphatic rings. The van der Waals surface area contributed by atoms with Crippen LogP contribution in [0.15, 0.2) is 82.7 Å². The Morgan fingerprint density at radius 3 is 2.59 bits per heavy atom. The molecule has 34 heavy (non-hydrogen) atoms. The van der Waals surface area contributed by atoms with Crippen LogP contribution in [0.5, 0.6) is 0 Å². The van der Waals surface area contributed by atoms with E-state index in [1.807, 2.05) is 42.5 Å². The summed E-state index contributed by atoms with van der Waals surface area (Å²) in [5.74, 6) is 0.439. The normalized spacial score (nSPS) is 11.0. The van der Waals surface area contributed by atoms with Gasteiger partial charge in [0.25, 0.3) is 11.5 Å². The van der Waals surface area contributed by atoms with E-state index < -0.39 is 0 Å². The molecule has 1 aromatic heterocycles. The van der Waals surface area contributed by atoms with Crippen LogP contribution >= 0.6 is 23.4 Å². The lowest BCUT2D eigenvalue weighted by Gasteiger charge is -2.13. The van der Waals surface area contributed by atoms with E-state index in [2.05, 4.69) is 5.32 Å². The first-order chi connectivity index (χ1) is 16.5. The number of nitrogens with zero attached hydrogens (tertiary/aromatic N) is 2. The van der Waals surface area contributed by atoms with Crippen molar-refractivity contribution in [3.05, 3.63) is 99.3 Å². The number of nitrogens with one attached hydrogen (secondary N) is 1. The molecule has 0 spiro atoms.